The van der Waals surface area contributed by atoms with Gasteiger partial charge in [-0.2, -0.15) is 13.2 Å². The number of pyridine rings is 1. The Morgan fingerprint density at radius 1 is 1.43 bits per heavy atom. The van der Waals surface area contributed by atoms with E-state index in [0.717, 1.165) is 23.4 Å². The second-order valence-corrected chi connectivity index (χ2v) is 7.49. The van der Waals surface area contributed by atoms with Crippen LogP contribution in [0.15, 0.2) is 18.5 Å². The topological polar surface area (TPSA) is 67.3 Å². The van der Waals surface area contributed by atoms with Gasteiger partial charge in [0.15, 0.2) is 0 Å². The van der Waals surface area contributed by atoms with E-state index in [1.807, 2.05) is 0 Å². The van der Waals surface area contributed by atoms with Crippen LogP contribution in [0.1, 0.15) is 12.0 Å². The van der Waals surface area contributed by atoms with Crippen molar-refractivity contribution >= 4 is 31.3 Å². The van der Waals surface area contributed by atoms with Crippen LogP contribution in [-0.4, -0.2) is 31.6 Å². The van der Waals surface area contributed by atoms with Crippen LogP contribution in [-0.2, 0) is 20.0 Å². The molecule has 1 saturated heterocycles. The van der Waals surface area contributed by atoms with E-state index >= 15 is 0 Å². The van der Waals surface area contributed by atoms with Gasteiger partial charge in [0.1, 0.15) is 0 Å². The highest BCUT2D eigenvalue weighted by atomic mass is 35.7. The van der Waals surface area contributed by atoms with E-state index in [1.54, 1.807) is 0 Å². The van der Waals surface area contributed by atoms with Crippen molar-refractivity contribution in [1.29, 1.82) is 0 Å². The van der Waals surface area contributed by atoms with Crippen LogP contribution in [0, 0.1) is 5.92 Å². The summed E-state index contributed by atoms with van der Waals surface area (Å²) in [5, 5.41) is 0. The summed E-state index contributed by atoms with van der Waals surface area (Å²) >= 11 is 0. The Morgan fingerprint density at radius 2 is 2.10 bits per heavy atom. The summed E-state index contributed by atoms with van der Waals surface area (Å²) in [4.78, 5) is 16.3. The van der Waals surface area contributed by atoms with Crippen LogP contribution in [0.25, 0.3) is 0 Å². The Bertz CT molecular complexity index is 663. The molecule has 0 aliphatic carbocycles. The molecule has 1 aromatic heterocycles. The van der Waals surface area contributed by atoms with Crippen LogP contribution in [0.4, 0.5) is 18.9 Å². The molecule has 1 atom stereocenters. The molecule has 0 radical (unpaired) electrons. The minimum absolute atomic E-state index is 0.139. The van der Waals surface area contributed by atoms with Crippen LogP contribution in [0.3, 0.4) is 0 Å². The summed E-state index contributed by atoms with van der Waals surface area (Å²) in [5.74, 6) is -1.68. The van der Waals surface area contributed by atoms with E-state index in [1.165, 1.54) is 0 Å². The van der Waals surface area contributed by atoms with E-state index in [0.29, 0.717) is 0 Å². The first-order valence-electron chi connectivity index (χ1n) is 5.82. The third-order valence-corrected chi connectivity index (χ3v) is 4.28. The summed E-state index contributed by atoms with van der Waals surface area (Å²) in [6, 6.07) is 0.772. The zero-order chi connectivity index (χ0) is 15.8. The number of halogens is 4. The number of amides is 1. The summed E-state index contributed by atoms with van der Waals surface area (Å²) in [7, 11) is 1.29. The Hall–Kier alpha value is -1.35. The molecule has 0 saturated carbocycles. The Balaban J connectivity index is 2.30. The molecule has 2 heterocycles. The molecule has 0 N–H and O–H groups in total. The predicted octanol–water partition coefficient (Wildman–Crippen LogP) is 2.02. The first-order valence-corrected chi connectivity index (χ1v) is 8.29. The minimum atomic E-state index is -4.63. The molecule has 1 aliphatic heterocycles. The second kappa shape index (κ2) is 5.45. The summed E-state index contributed by atoms with van der Waals surface area (Å²) in [5.41, 5.74) is -1.36. The van der Waals surface area contributed by atoms with Gasteiger partial charge < -0.3 is 4.90 Å². The predicted molar refractivity (Wildman–Crippen MR) is 69.3 cm³/mol. The number of aromatic nitrogens is 1. The van der Waals surface area contributed by atoms with Crippen molar-refractivity contribution in [1.82, 2.24) is 4.98 Å². The van der Waals surface area contributed by atoms with Gasteiger partial charge in [0.25, 0.3) is 0 Å². The van der Waals surface area contributed by atoms with Gasteiger partial charge >= 0.3 is 6.18 Å². The number of carbonyl (C=O) groups is 1. The quantitative estimate of drug-likeness (QED) is 0.788. The Kier molecular flexibility index (Phi) is 4.16. The van der Waals surface area contributed by atoms with E-state index in [4.69, 9.17) is 10.7 Å². The fourth-order valence-corrected chi connectivity index (χ4v) is 3.57. The van der Waals surface area contributed by atoms with Crippen LogP contribution in [0.2, 0.25) is 0 Å². The maximum Gasteiger partial charge on any atom is 0.418 e. The van der Waals surface area contributed by atoms with Gasteiger partial charge in [0, 0.05) is 35.8 Å². The van der Waals surface area contributed by atoms with E-state index in [9.17, 15) is 26.4 Å². The molecule has 21 heavy (non-hydrogen) atoms. The summed E-state index contributed by atoms with van der Waals surface area (Å²) in [6.07, 6.45) is -2.88. The molecule has 0 spiro atoms. The Labute approximate surface area is 123 Å². The smallest absolute Gasteiger partial charge is 0.310 e. The van der Waals surface area contributed by atoms with Crippen LogP contribution in [0.5, 0.6) is 0 Å². The SMILES string of the molecule is O=C1CC(CS(=O)(=O)Cl)CN1c1cnccc1C(F)(F)F. The van der Waals surface area contributed by atoms with Crippen molar-refractivity contribution in [3.63, 3.8) is 0 Å². The molecule has 0 bridgehead atoms. The highest BCUT2D eigenvalue weighted by Crippen LogP contribution is 2.38. The molecular weight excluding hydrogens is 333 g/mol. The van der Waals surface area contributed by atoms with Gasteiger partial charge in [0.05, 0.1) is 23.2 Å². The number of anilines is 1. The summed E-state index contributed by atoms with van der Waals surface area (Å²) < 4.78 is 60.8. The highest BCUT2D eigenvalue weighted by Gasteiger charge is 2.40. The third-order valence-electron chi connectivity index (χ3n) is 3.04. The molecule has 1 unspecified atom stereocenters. The van der Waals surface area contributed by atoms with Crippen LogP contribution >= 0.6 is 10.7 Å². The van der Waals surface area contributed by atoms with Gasteiger partial charge in [0.2, 0.25) is 15.0 Å². The molecule has 5 nitrogen and oxygen atoms in total. The second-order valence-electron chi connectivity index (χ2n) is 4.67. The van der Waals surface area contributed by atoms with Crippen LogP contribution < -0.4 is 4.90 Å². The number of hydrogen-bond acceptors (Lipinski definition) is 4. The largest absolute Gasteiger partial charge is 0.418 e. The molecule has 2 rings (SSSR count). The first kappa shape index (κ1) is 16.0. The third kappa shape index (κ3) is 3.85. The van der Waals surface area contributed by atoms with Gasteiger partial charge in [-0.25, -0.2) is 8.42 Å². The lowest BCUT2D eigenvalue weighted by molar-refractivity contribution is -0.137. The van der Waals surface area contributed by atoms with Gasteiger partial charge in [-0.05, 0) is 6.07 Å². The summed E-state index contributed by atoms with van der Waals surface area (Å²) in [6.45, 7) is -0.139. The normalized spacial score (nSPS) is 20.1. The lowest BCUT2D eigenvalue weighted by Crippen LogP contribution is -2.28. The fraction of sp³-hybridized carbons (Fsp3) is 0.455. The number of rotatable bonds is 3. The van der Waals surface area contributed by atoms with Crippen molar-refractivity contribution in [2.45, 2.75) is 12.6 Å². The van der Waals surface area contributed by atoms with Crippen molar-refractivity contribution in [2.75, 3.05) is 17.2 Å². The number of hydrogen-bond donors (Lipinski definition) is 0. The first-order chi connectivity index (χ1) is 9.58. The number of alkyl halides is 3. The molecule has 10 heteroatoms. The van der Waals surface area contributed by atoms with Crippen molar-refractivity contribution in [2.24, 2.45) is 5.92 Å². The van der Waals surface area contributed by atoms with Crippen molar-refractivity contribution < 1.29 is 26.4 Å². The lowest BCUT2D eigenvalue weighted by Gasteiger charge is -2.20. The number of nitrogens with zero attached hydrogens (tertiary/aromatic N) is 2. The number of carbonyl (C=O) groups excluding carboxylic acids is 1. The molecule has 1 amide bonds. The standard InChI is InChI=1S/C11H10ClF3N2O3S/c12-21(19,20)6-7-3-10(18)17(5-7)9-4-16-2-1-8(9)11(13,14)15/h1-2,4,7H,3,5-6H2. The maximum atomic E-state index is 12.9. The van der Waals surface area contributed by atoms with E-state index in [2.05, 4.69) is 4.98 Å². The highest BCUT2D eigenvalue weighted by molar-refractivity contribution is 8.13. The van der Waals surface area contributed by atoms with E-state index in [-0.39, 0.29) is 18.7 Å². The van der Waals surface area contributed by atoms with Gasteiger partial charge in [-0.3, -0.25) is 9.78 Å². The lowest BCUT2D eigenvalue weighted by atomic mass is 10.1. The minimum Gasteiger partial charge on any atom is -0.310 e. The average molecular weight is 343 g/mol. The fourth-order valence-electron chi connectivity index (χ4n) is 2.25. The van der Waals surface area contributed by atoms with Crippen molar-refractivity contribution in [3.8, 4) is 0 Å². The molecule has 1 fully saturated rings. The molecule has 0 aromatic carbocycles. The maximum absolute atomic E-state index is 12.9. The Morgan fingerprint density at radius 3 is 2.67 bits per heavy atom. The molecule has 1 aliphatic rings. The monoisotopic (exact) mass is 342 g/mol. The average Bonchev–Trinajstić information content (AvgIpc) is 2.66. The van der Waals surface area contributed by atoms with Gasteiger partial charge in [-0.15, -0.1) is 0 Å². The van der Waals surface area contributed by atoms with Gasteiger partial charge in [-0.1, -0.05) is 0 Å². The zero-order valence-corrected chi connectivity index (χ0v) is 12.0. The van der Waals surface area contributed by atoms with Crippen molar-refractivity contribution in [3.05, 3.63) is 24.0 Å². The zero-order valence-electron chi connectivity index (χ0n) is 10.5. The molecule has 1 aromatic rings. The molecular formula is C11H10ClF3N2O3S. The molecule has 116 valence electrons. The van der Waals surface area contributed by atoms with E-state index < -0.39 is 38.4 Å².